The van der Waals surface area contributed by atoms with Crippen LogP contribution in [-0.2, 0) is 21.3 Å². The van der Waals surface area contributed by atoms with Crippen LogP contribution in [0, 0.1) is 0 Å². The predicted octanol–water partition coefficient (Wildman–Crippen LogP) is 2.09. The molecule has 0 radical (unpaired) electrons. The SMILES string of the molecule is CC(C)NCc1csc(S(=O)(=O)NC2(C)CCCOC2)c1. The number of hydrogen-bond acceptors (Lipinski definition) is 5. The number of hydrogen-bond donors (Lipinski definition) is 2. The zero-order valence-electron chi connectivity index (χ0n) is 12.8. The van der Waals surface area contributed by atoms with Gasteiger partial charge in [-0.3, -0.25) is 0 Å². The van der Waals surface area contributed by atoms with E-state index in [0.29, 0.717) is 30.0 Å². The van der Waals surface area contributed by atoms with E-state index < -0.39 is 15.6 Å². The lowest BCUT2D eigenvalue weighted by atomic mass is 9.97. The van der Waals surface area contributed by atoms with Crippen molar-refractivity contribution in [3.8, 4) is 0 Å². The average molecular weight is 332 g/mol. The molecule has 0 bridgehead atoms. The molecule has 0 amide bonds. The summed E-state index contributed by atoms with van der Waals surface area (Å²) in [5.74, 6) is 0. The van der Waals surface area contributed by atoms with Crippen molar-refractivity contribution in [1.29, 1.82) is 0 Å². The Kier molecular flexibility index (Phi) is 5.43. The topological polar surface area (TPSA) is 67.4 Å². The first-order chi connectivity index (χ1) is 9.81. The van der Waals surface area contributed by atoms with Crippen molar-refractivity contribution in [1.82, 2.24) is 10.0 Å². The molecule has 7 heteroatoms. The van der Waals surface area contributed by atoms with Crippen LogP contribution in [0.2, 0.25) is 0 Å². The molecule has 1 aromatic rings. The van der Waals surface area contributed by atoms with Crippen LogP contribution in [0.1, 0.15) is 39.2 Å². The normalized spacial score (nSPS) is 23.6. The number of rotatable bonds is 6. The lowest BCUT2D eigenvalue weighted by molar-refractivity contribution is 0.0387. The number of ether oxygens (including phenoxy) is 1. The Bertz CT molecular complexity index is 561. The van der Waals surface area contributed by atoms with Crippen LogP contribution < -0.4 is 10.0 Å². The van der Waals surface area contributed by atoms with Gasteiger partial charge in [0, 0.05) is 19.2 Å². The summed E-state index contributed by atoms with van der Waals surface area (Å²) in [6, 6.07) is 2.12. The predicted molar refractivity (Wildman–Crippen MR) is 85.1 cm³/mol. The van der Waals surface area contributed by atoms with Crippen molar-refractivity contribution in [3.63, 3.8) is 0 Å². The maximum Gasteiger partial charge on any atom is 0.250 e. The third-order valence-electron chi connectivity index (χ3n) is 3.43. The van der Waals surface area contributed by atoms with Crippen molar-refractivity contribution in [3.05, 3.63) is 17.0 Å². The fourth-order valence-corrected chi connectivity index (χ4v) is 4.93. The minimum absolute atomic E-state index is 0.370. The highest BCUT2D eigenvalue weighted by Crippen LogP contribution is 2.25. The summed E-state index contributed by atoms with van der Waals surface area (Å²) < 4.78 is 33.5. The molecule has 1 fully saturated rings. The summed E-state index contributed by atoms with van der Waals surface area (Å²) in [5, 5.41) is 5.18. The molecule has 1 aliphatic rings. The van der Waals surface area contributed by atoms with E-state index in [-0.39, 0.29) is 0 Å². The van der Waals surface area contributed by atoms with Gasteiger partial charge in [0.2, 0.25) is 0 Å². The van der Waals surface area contributed by atoms with Crippen molar-refractivity contribution in [2.75, 3.05) is 13.2 Å². The first-order valence-electron chi connectivity index (χ1n) is 7.23. The van der Waals surface area contributed by atoms with E-state index in [0.717, 1.165) is 18.4 Å². The van der Waals surface area contributed by atoms with Crippen LogP contribution >= 0.6 is 11.3 Å². The fraction of sp³-hybridized carbons (Fsp3) is 0.714. The number of sulfonamides is 1. The van der Waals surface area contributed by atoms with Crippen LogP contribution in [0.5, 0.6) is 0 Å². The Labute approximate surface area is 131 Å². The zero-order chi connectivity index (χ0) is 15.5. The summed E-state index contributed by atoms with van der Waals surface area (Å²) in [7, 11) is -3.48. The number of thiophene rings is 1. The maximum atomic E-state index is 12.5. The van der Waals surface area contributed by atoms with Crippen molar-refractivity contribution < 1.29 is 13.2 Å². The van der Waals surface area contributed by atoms with E-state index in [1.54, 1.807) is 6.07 Å². The van der Waals surface area contributed by atoms with Crippen LogP contribution in [0.15, 0.2) is 15.7 Å². The molecule has 2 heterocycles. The van der Waals surface area contributed by atoms with Crippen molar-refractivity contribution in [2.24, 2.45) is 0 Å². The molecule has 1 saturated heterocycles. The molecule has 21 heavy (non-hydrogen) atoms. The maximum absolute atomic E-state index is 12.5. The molecular weight excluding hydrogens is 308 g/mol. The molecule has 1 aliphatic heterocycles. The van der Waals surface area contributed by atoms with E-state index in [1.807, 2.05) is 12.3 Å². The minimum atomic E-state index is -3.48. The highest BCUT2D eigenvalue weighted by Gasteiger charge is 2.33. The summed E-state index contributed by atoms with van der Waals surface area (Å²) in [4.78, 5) is 0. The largest absolute Gasteiger partial charge is 0.380 e. The molecule has 0 aliphatic carbocycles. The van der Waals surface area contributed by atoms with Gasteiger partial charge in [-0.15, -0.1) is 11.3 Å². The van der Waals surface area contributed by atoms with Crippen LogP contribution in [0.3, 0.4) is 0 Å². The molecule has 0 spiro atoms. The van der Waals surface area contributed by atoms with Crippen LogP contribution in [0.25, 0.3) is 0 Å². The van der Waals surface area contributed by atoms with E-state index in [9.17, 15) is 8.42 Å². The second kappa shape index (κ2) is 6.75. The fourth-order valence-electron chi connectivity index (χ4n) is 2.30. The summed E-state index contributed by atoms with van der Waals surface area (Å²) in [6.45, 7) is 7.86. The average Bonchev–Trinajstić information content (AvgIpc) is 2.85. The zero-order valence-corrected chi connectivity index (χ0v) is 14.4. The van der Waals surface area contributed by atoms with Crippen LogP contribution in [0.4, 0.5) is 0 Å². The third kappa shape index (κ3) is 4.75. The van der Waals surface area contributed by atoms with Gasteiger partial charge in [-0.25, -0.2) is 13.1 Å². The molecule has 0 aromatic carbocycles. The molecule has 2 N–H and O–H groups in total. The van der Waals surface area contributed by atoms with E-state index in [4.69, 9.17) is 4.74 Å². The van der Waals surface area contributed by atoms with Gasteiger partial charge in [-0.05, 0) is 36.8 Å². The van der Waals surface area contributed by atoms with Gasteiger partial charge in [0.1, 0.15) is 4.21 Å². The lowest BCUT2D eigenvalue weighted by Crippen LogP contribution is -2.51. The summed E-state index contributed by atoms with van der Waals surface area (Å²) >= 11 is 1.26. The highest BCUT2D eigenvalue weighted by atomic mass is 32.2. The van der Waals surface area contributed by atoms with Gasteiger partial charge in [0.25, 0.3) is 10.0 Å². The molecule has 1 atom stereocenters. The van der Waals surface area contributed by atoms with Gasteiger partial charge in [-0.1, -0.05) is 13.8 Å². The first kappa shape index (κ1) is 16.9. The van der Waals surface area contributed by atoms with E-state index in [2.05, 4.69) is 23.9 Å². The number of nitrogens with one attached hydrogen (secondary N) is 2. The molecule has 0 saturated carbocycles. The molecule has 1 aromatic heterocycles. The standard InChI is InChI=1S/C14H24N2O3S2/c1-11(2)15-8-12-7-13(20-9-12)21(17,18)16-14(3)5-4-6-19-10-14/h7,9,11,15-16H,4-6,8,10H2,1-3H3. The second-order valence-corrected chi connectivity index (χ2v) is 8.95. The van der Waals surface area contributed by atoms with Gasteiger partial charge < -0.3 is 10.1 Å². The second-order valence-electron chi connectivity index (χ2n) is 6.13. The molecule has 2 rings (SSSR count). The monoisotopic (exact) mass is 332 g/mol. The van der Waals surface area contributed by atoms with Crippen molar-refractivity contribution >= 4 is 21.4 Å². The molecule has 120 valence electrons. The molecule has 5 nitrogen and oxygen atoms in total. The Morgan fingerprint density at radius 3 is 2.86 bits per heavy atom. The lowest BCUT2D eigenvalue weighted by Gasteiger charge is -2.33. The highest BCUT2D eigenvalue weighted by molar-refractivity contribution is 7.91. The van der Waals surface area contributed by atoms with Crippen LogP contribution in [-0.4, -0.2) is 33.2 Å². The first-order valence-corrected chi connectivity index (χ1v) is 9.60. The summed E-state index contributed by atoms with van der Waals surface area (Å²) in [5.41, 5.74) is 0.497. The smallest absolute Gasteiger partial charge is 0.250 e. The van der Waals surface area contributed by atoms with Gasteiger partial charge in [-0.2, -0.15) is 0 Å². The minimum Gasteiger partial charge on any atom is -0.380 e. The Morgan fingerprint density at radius 1 is 1.48 bits per heavy atom. The Balaban J connectivity index is 2.05. The molecule has 1 unspecified atom stereocenters. The van der Waals surface area contributed by atoms with E-state index >= 15 is 0 Å². The Hall–Kier alpha value is -0.470. The van der Waals surface area contributed by atoms with E-state index in [1.165, 1.54) is 11.3 Å². The molecular formula is C14H24N2O3S2. The van der Waals surface area contributed by atoms with Crippen molar-refractivity contribution in [2.45, 2.75) is 55.9 Å². The Morgan fingerprint density at radius 2 is 2.24 bits per heavy atom. The van der Waals surface area contributed by atoms with Gasteiger partial charge in [0.15, 0.2) is 0 Å². The van der Waals surface area contributed by atoms with Gasteiger partial charge in [0.05, 0.1) is 12.1 Å². The quantitative estimate of drug-likeness (QED) is 0.837. The summed E-state index contributed by atoms with van der Waals surface area (Å²) in [6.07, 6.45) is 1.69. The third-order valence-corrected chi connectivity index (χ3v) is 6.55. The van der Waals surface area contributed by atoms with Gasteiger partial charge >= 0.3 is 0 Å².